The summed E-state index contributed by atoms with van der Waals surface area (Å²) < 4.78 is 0. The smallest absolute Gasteiger partial charge is 0.0448 e. The molecule has 0 radical (unpaired) electrons. The van der Waals surface area contributed by atoms with E-state index < -0.39 is 0 Å². The van der Waals surface area contributed by atoms with Crippen molar-refractivity contribution in [2.75, 3.05) is 26.3 Å². The first-order chi connectivity index (χ1) is 6.72. The maximum atomic E-state index is 8.50. The lowest BCUT2D eigenvalue weighted by atomic mass is 10.4. The topological polar surface area (TPSA) is 65.2 Å². The van der Waals surface area contributed by atoms with Gasteiger partial charge in [-0.15, -0.1) is 0 Å². The minimum absolute atomic E-state index is 0.0977. The highest BCUT2D eigenvalue weighted by Crippen LogP contribution is 1.88. The molecule has 6 heteroatoms. The van der Waals surface area contributed by atoms with Crippen LogP contribution in [0.2, 0.25) is 0 Å². The Balaban J connectivity index is 3.89. The van der Waals surface area contributed by atoms with Crippen LogP contribution in [-0.4, -0.2) is 46.6 Å². The summed E-state index contributed by atoms with van der Waals surface area (Å²) in [4.78, 5) is 7.93. The Morgan fingerprint density at radius 2 is 1.21 bits per heavy atom. The molecule has 82 valence electrons. The summed E-state index contributed by atoms with van der Waals surface area (Å²) in [5.74, 6) is 0. The van der Waals surface area contributed by atoms with Gasteiger partial charge in [0.2, 0.25) is 0 Å². The van der Waals surface area contributed by atoms with Gasteiger partial charge in [-0.1, -0.05) is 10.1 Å². The molecule has 4 nitrogen and oxygen atoms in total. The number of aliphatic hydroxyl groups excluding tert-OH is 2. The number of aliphatic imine (C=N–C) groups is 2. The van der Waals surface area contributed by atoms with Gasteiger partial charge in [0, 0.05) is 26.3 Å². The number of nitrogens with zero attached hydrogens (tertiary/aromatic N) is 2. The van der Waals surface area contributed by atoms with E-state index in [1.807, 2.05) is 0 Å². The van der Waals surface area contributed by atoms with Crippen molar-refractivity contribution in [3.63, 3.8) is 0 Å². The van der Waals surface area contributed by atoms with Gasteiger partial charge in [-0.2, -0.15) is 0 Å². The lowest BCUT2D eigenvalue weighted by Gasteiger charge is -2.19. The number of hydrogen-bond acceptors (Lipinski definition) is 6. The first kappa shape index (κ1) is 13.7. The molecule has 0 spiro atoms. The van der Waals surface area contributed by atoms with Crippen LogP contribution in [0.3, 0.4) is 0 Å². The van der Waals surface area contributed by atoms with Crippen molar-refractivity contribution in [3.8, 4) is 0 Å². The molecule has 0 aliphatic rings. The lowest BCUT2D eigenvalue weighted by molar-refractivity contribution is 0.291. The molecule has 0 amide bonds. The Morgan fingerprint density at radius 1 is 0.857 bits per heavy atom. The summed E-state index contributed by atoms with van der Waals surface area (Å²) in [6.45, 7) is 1.15. The maximum absolute atomic E-state index is 8.50. The van der Waals surface area contributed by atoms with E-state index in [9.17, 15) is 0 Å². The third-order valence-electron chi connectivity index (χ3n) is 1.33. The van der Waals surface area contributed by atoms with Crippen LogP contribution in [0.25, 0.3) is 0 Å². The molecule has 0 bridgehead atoms. The van der Waals surface area contributed by atoms with E-state index in [4.69, 9.17) is 35.5 Å². The summed E-state index contributed by atoms with van der Waals surface area (Å²) in [5, 5.41) is 17.6. The molecule has 0 fully saturated rings. The quantitative estimate of drug-likeness (QED) is 0.273. The fourth-order valence-electron chi connectivity index (χ4n) is 0.638. The van der Waals surface area contributed by atoms with E-state index in [2.05, 4.69) is 9.98 Å². The fourth-order valence-corrected chi connectivity index (χ4v) is 0.950. The van der Waals surface area contributed by atoms with E-state index in [1.54, 1.807) is 0 Å². The summed E-state index contributed by atoms with van der Waals surface area (Å²) in [6.07, 6.45) is 1.17. The predicted molar refractivity (Wildman–Crippen MR) is 62.7 cm³/mol. The third-order valence-corrected chi connectivity index (χ3v) is 2.10. The van der Waals surface area contributed by atoms with Gasteiger partial charge in [0.05, 0.1) is 0 Å². The lowest BCUT2D eigenvalue weighted by Crippen LogP contribution is -2.10. The van der Waals surface area contributed by atoms with Crippen LogP contribution < -0.4 is 0 Å². The van der Waals surface area contributed by atoms with Crippen molar-refractivity contribution in [1.29, 1.82) is 0 Å². The standard InChI is InChI=1S/C8H16N2O2S2/c11-5-1-3-9-7(13)8(14)10-4-2-6-12/h11-12H,1-6H2,(H,9,13)(H,10,14)/p-2. The Kier molecular flexibility index (Phi) is 9.06. The number of rotatable bonds is 7. The van der Waals surface area contributed by atoms with Crippen LogP contribution in [0.15, 0.2) is 9.98 Å². The Bertz CT molecular complexity index is 186. The summed E-state index contributed by atoms with van der Waals surface area (Å²) in [7, 11) is 0. The second kappa shape index (κ2) is 9.26. The third kappa shape index (κ3) is 7.14. The van der Waals surface area contributed by atoms with Gasteiger partial charge in [0.1, 0.15) is 0 Å². The van der Waals surface area contributed by atoms with E-state index in [0.29, 0.717) is 36.0 Å². The van der Waals surface area contributed by atoms with Crippen molar-refractivity contribution in [1.82, 2.24) is 0 Å². The highest BCUT2D eigenvalue weighted by atomic mass is 32.1. The zero-order valence-corrected chi connectivity index (χ0v) is 9.48. The normalized spacial score (nSPS) is 13.3. The second-order valence-electron chi connectivity index (χ2n) is 2.53. The van der Waals surface area contributed by atoms with E-state index in [0.717, 1.165) is 0 Å². The maximum Gasteiger partial charge on any atom is 0.0448 e. The molecule has 0 rings (SSSR count). The first-order valence-corrected chi connectivity index (χ1v) is 5.19. The first-order valence-electron chi connectivity index (χ1n) is 4.37. The average Bonchev–Trinajstić information content (AvgIpc) is 2.18. The van der Waals surface area contributed by atoms with Crippen LogP contribution in [0.4, 0.5) is 0 Å². The van der Waals surface area contributed by atoms with Crippen LogP contribution in [0, 0.1) is 0 Å². The molecule has 0 atom stereocenters. The van der Waals surface area contributed by atoms with Crippen LogP contribution in [0.5, 0.6) is 0 Å². The molecule has 0 aromatic rings. The molecule has 0 aromatic carbocycles. The van der Waals surface area contributed by atoms with E-state index in [1.165, 1.54) is 0 Å². The minimum Gasteiger partial charge on any atom is -0.761 e. The van der Waals surface area contributed by atoms with Crippen LogP contribution in [-0.2, 0) is 25.3 Å². The van der Waals surface area contributed by atoms with Crippen molar-refractivity contribution in [3.05, 3.63) is 0 Å². The summed E-state index contributed by atoms with van der Waals surface area (Å²) in [5.41, 5.74) is 0. The van der Waals surface area contributed by atoms with Gasteiger partial charge >= 0.3 is 0 Å². The van der Waals surface area contributed by atoms with Crippen LogP contribution >= 0.6 is 0 Å². The Labute approximate surface area is 95.0 Å². The van der Waals surface area contributed by atoms with Crippen molar-refractivity contribution < 1.29 is 10.2 Å². The molecule has 2 N–H and O–H groups in total. The molecule has 0 saturated carbocycles. The predicted octanol–water partition coefficient (Wildman–Crippen LogP) is -0.358. The van der Waals surface area contributed by atoms with Gasteiger partial charge in [0.25, 0.3) is 0 Å². The largest absolute Gasteiger partial charge is 0.761 e. The molecule has 0 aromatic heterocycles. The van der Waals surface area contributed by atoms with Gasteiger partial charge in [-0.3, -0.25) is 0 Å². The highest BCUT2D eigenvalue weighted by molar-refractivity contribution is 7.92. The van der Waals surface area contributed by atoms with E-state index >= 15 is 0 Å². The Hall–Kier alpha value is -0.300. The van der Waals surface area contributed by atoms with E-state index in [-0.39, 0.29) is 13.2 Å². The fraction of sp³-hybridized carbons (Fsp3) is 0.750. The molecule has 0 aliphatic heterocycles. The van der Waals surface area contributed by atoms with Crippen molar-refractivity contribution in [2.24, 2.45) is 9.98 Å². The molecular formula is C8H14N2O2S2-2. The van der Waals surface area contributed by atoms with Gasteiger partial charge in [-0.05, 0) is 12.8 Å². The highest BCUT2D eigenvalue weighted by Gasteiger charge is 1.83. The molecule has 0 aliphatic carbocycles. The number of aliphatic hydroxyl groups is 2. The van der Waals surface area contributed by atoms with Gasteiger partial charge in [-0.25, -0.2) is 0 Å². The average molecular weight is 234 g/mol. The molecule has 0 heterocycles. The summed E-state index contributed by atoms with van der Waals surface area (Å²) >= 11 is 9.79. The minimum atomic E-state index is 0.0977. The monoisotopic (exact) mass is 234 g/mol. The van der Waals surface area contributed by atoms with Crippen molar-refractivity contribution in [2.45, 2.75) is 12.8 Å². The summed E-state index contributed by atoms with van der Waals surface area (Å²) in [6, 6.07) is 0. The van der Waals surface area contributed by atoms with Gasteiger partial charge < -0.3 is 45.5 Å². The molecular weight excluding hydrogens is 220 g/mol. The second-order valence-corrected chi connectivity index (χ2v) is 3.30. The molecule has 14 heavy (non-hydrogen) atoms. The van der Waals surface area contributed by atoms with Crippen LogP contribution in [0.1, 0.15) is 12.8 Å². The number of hydrogen-bond donors (Lipinski definition) is 2. The zero-order valence-electron chi connectivity index (χ0n) is 7.85. The SMILES string of the molecule is OCCCN=C([S-])C([S-])=NCCCO. The van der Waals surface area contributed by atoms with Gasteiger partial charge in [0.15, 0.2) is 0 Å². The van der Waals surface area contributed by atoms with Crippen molar-refractivity contribution >= 4 is 35.3 Å². The molecule has 0 unspecified atom stereocenters. The molecule has 0 saturated heterocycles. The Morgan fingerprint density at radius 3 is 1.50 bits per heavy atom. The zero-order chi connectivity index (χ0) is 10.8.